The summed E-state index contributed by atoms with van der Waals surface area (Å²) in [6.45, 7) is 4.18. The molecule has 0 bridgehead atoms. The monoisotopic (exact) mass is 294 g/mol. The highest BCUT2D eigenvalue weighted by molar-refractivity contribution is 6.42. The molecule has 0 saturated heterocycles. The van der Waals surface area contributed by atoms with Crippen LogP contribution < -0.4 is 5.32 Å². The van der Waals surface area contributed by atoms with Crippen LogP contribution in [0, 0.1) is 0 Å². The number of nitrogens with zero attached hydrogens (tertiary/aromatic N) is 1. The van der Waals surface area contributed by atoms with E-state index in [1.165, 1.54) is 0 Å². The van der Waals surface area contributed by atoms with E-state index in [-0.39, 0.29) is 12.1 Å². The Hall–Kier alpha value is -1.09. The molecule has 1 N–H and O–H groups in total. The third kappa shape index (κ3) is 3.47. The summed E-state index contributed by atoms with van der Waals surface area (Å²) in [5.41, 5.74) is 2.15. The van der Waals surface area contributed by atoms with Gasteiger partial charge in [0.05, 0.1) is 10.0 Å². The van der Waals surface area contributed by atoms with E-state index in [9.17, 15) is 0 Å². The second kappa shape index (κ2) is 6.38. The van der Waals surface area contributed by atoms with Gasteiger partial charge in [-0.15, -0.1) is 0 Å². The molecule has 0 spiro atoms. The van der Waals surface area contributed by atoms with Gasteiger partial charge >= 0.3 is 0 Å². The molecule has 1 unspecified atom stereocenters. The van der Waals surface area contributed by atoms with Gasteiger partial charge in [-0.25, -0.2) is 0 Å². The molecule has 0 aliphatic heterocycles. The van der Waals surface area contributed by atoms with E-state index in [4.69, 9.17) is 23.2 Å². The van der Waals surface area contributed by atoms with E-state index in [1.807, 2.05) is 24.4 Å². The summed E-state index contributed by atoms with van der Waals surface area (Å²) in [5, 5.41) is 4.70. The third-order valence-electron chi connectivity index (χ3n) is 3.13. The van der Waals surface area contributed by atoms with E-state index in [2.05, 4.69) is 30.2 Å². The number of hydrogen-bond donors (Lipinski definition) is 1. The van der Waals surface area contributed by atoms with E-state index < -0.39 is 0 Å². The summed E-state index contributed by atoms with van der Waals surface area (Å²) in [6, 6.07) is 9.99. The van der Waals surface area contributed by atoms with Gasteiger partial charge in [-0.3, -0.25) is 4.98 Å². The summed E-state index contributed by atoms with van der Waals surface area (Å²) in [4.78, 5) is 4.13. The molecule has 0 aliphatic carbocycles. The molecule has 1 aromatic heterocycles. The second-order valence-electron chi connectivity index (χ2n) is 4.54. The molecule has 2 atom stereocenters. The normalized spacial score (nSPS) is 14.1. The third-order valence-corrected chi connectivity index (χ3v) is 3.97. The minimum Gasteiger partial charge on any atom is -0.304 e. The molecule has 4 heteroatoms. The highest BCUT2D eigenvalue weighted by Gasteiger charge is 2.14. The maximum absolute atomic E-state index is 6.23. The predicted octanol–water partition coefficient (Wildman–Crippen LogP) is 4.80. The zero-order valence-electron chi connectivity index (χ0n) is 10.9. The number of rotatable bonds is 4. The zero-order valence-corrected chi connectivity index (χ0v) is 12.4. The van der Waals surface area contributed by atoms with Gasteiger partial charge in [0.1, 0.15) is 0 Å². The molecule has 2 nitrogen and oxygen atoms in total. The average Bonchev–Trinajstić information content (AvgIpc) is 2.42. The van der Waals surface area contributed by atoms with Crippen molar-refractivity contribution >= 4 is 23.2 Å². The van der Waals surface area contributed by atoms with Crippen LogP contribution in [0.25, 0.3) is 0 Å². The van der Waals surface area contributed by atoms with Gasteiger partial charge in [-0.1, -0.05) is 41.4 Å². The molecule has 0 amide bonds. The number of hydrogen-bond acceptors (Lipinski definition) is 2. The van der Waals surface area contributed by atoms with Crippen molar-refractivity contribution in [2.24, 2.45) is 0 Å². The smallest absolute Gasteiger partial charge is 0.0639 e. The Kier molecular flexibility index (Phi) is 4.81. The molecule has 19 heavy (non-hydrogen) atoms. The van der Waals surface area contributed by atoms with Crippen LogP contribution in [0.15, 0.2) is 42.7 Å². The van der Waals surface area contributed by atoms with Crippen LogP contribution in [-0.4, -0.2) is 4.98 Å². The summed E-state index contributed by atoms with van der Waals surface area (Å²) >= 11 is 12.3. The highest BCUT2D eigenvalue weighted by atomic mass is 35.5. The molecule has 1 heterocycles. The first-order chi connectivity index (χ1) is 9.09. The lowest BCUT2D eigenvalue weighted by atomic mass is 10.1. The summed E-state index contributed by atoms with van der Waals surface area (Å²) in [7, 11) is 0. The Morgan fingerprint density at radius 3 is 2.53 bits per heavy atom. The first-order valence-electron chi connectivity index (χ1n) is 6.19. The minimum atomic E-state index is 0.112. The SMILES string of the molecule is CC(N[C@H](C)c1cccnc1)c1cccc(Cl)c1Cl. The Morgan fingerprint density at radius 2 is 1.84 bits per heavy atom. The molecular formula is C15H16Cl2N2. The van der Waals surface area contributed by atoms with Gasteiger partial charge in [-0.2, -0.15) is 0 Å². The van der Waals surface area contributed by atoms with Crippen molar-refractivity contribution in [3.05, 3.63) is 63.9 Å². The Bertz CT molecular complexity index is 543. The van der Waals surface area contributed by atoms with Crippen LogP contribution in [0.1, 0.15) is 37.1 Å². The number of pyridine rings is 1. The molecule has 2 aromatic rings. The lowest BCUT2D eigenvalue weighted by Gasteiger charge is -2.21. The number of nitrogens with one attached hydrogen (secondary N) is 1. The topological polar surface area (TPSA) is 24.9 Å². The van der Waals surface area contributed by atoms with Crippen LogP contribution in [0.3, 0.4) is 0 Å². The maximum Gasteiger partial charge on any atom is 0.0639 e. The van der Waals surface area contributed by atoms with Crippen LogP contribution in [0.4, 0.5) is 0 Å². The van der Waals surface area contributed by atoms with Crippen molar-refractivity contribution in [1.82, 2.24) is 10.3 Å². The van der Waals surface area contributed by atoms with Gasteiger partial charge in [-0.05, 0) is 37.1 Å². The molecule has 100 valence electrons. The molecule has 0 fully saturated rings. The largest absolute Gasteiger partial charge is 0.304 e. The van der Waals surface area contributed by atoms with Crippen LogP contribution in [0.2, 0.25) is 10.0 Å². The zero-order chi connectivity index (χ0) is 13.8. The summed E-state index contributed by atoms with van der Waals surface area (Å²) < 4.78 is 0. The van der Waals surface area contributed by atoms with Crippen molar-refractivity contribution in [1.29, 1.82) is 0 Å². The maximum atomic E-state index is 6.23. The van der Waals surface area contributed by atoms with Crippen molar-refractivity contribution in [2.75, 3.05) is 0 Å². The fourth-order valence-corrected chi connectivity index (χ4v) is 2.52. The van der Waals surface area contributed by atoms with Crippen LogP contribution in [-0.2, 0) is 0 Å². The fraction of sp³-hybridized carbons (Fsp3) is 0.267. The molecule has 0 saturated carbocycles. The minimum absolute atomic E-state index is 0.112. The molecule has 0 aliphatic rings. The van der Waals surface area contributed by atoms with Crippen LogP contribution in [0.5, 0.6) is 0 Å². The first-order valence-corrected chi connectivity index (χ1v) is 6.95. The van der Waals surface area contributed by atoms with Crippen LogP contribution >= 0.6 is 23.2 Å². The predicted molar refractivity (Wildman–Crippen MR) is 80.7 cm³/mol. The second-order valence-corrected chi connectivity index (χ2v) is 5.32. The van der Waals surface area contributed by atoms with E-state index >= 15 is 0 Å². The number of aromatic nitrogens is 1. The Balaban J connectivity index is 2.13. The molecular weight excluding hydrogens is 279 g/mol. The van der Waals surface area contributed by atoms with E-state index in [0.717, 1.165) is 11.1 Å². The standard InChI is InChI=1S/C15H16Cl2N2/c1-10(12-5-4-8-18-9-12)19-11(2)13-6-3-7-14(16)15(13)17/h3-11,19H,1-2H3/t10-,11?/m1/s1. The summed E-state index contributed by atoms with van der Waals surface area (Å²) in [6.07, 6.45) is 3.64. The quantitative estimate of drug-likeness (QED) is 0.876. The van der Waals surface area contributed by atoms with Gasteiger partial charge in [0.15, 0.2) is 0 Å². The summed E-state index contributed by atoms with van der Waals surface area (Å²) in [5.74, 6) is 0. The van der Waals surface area contributed by atoms with E-state index in [0.29, 0.717) is 10.0 Å². The van der Waals surface area contributed by atoms with Crippen molar-refractivity contribution in [3.8, 4) is 0 Å². The van der Waals surface area contributed by atoms with Gasteiger partial charge in [0, 0.05) is 24.5 Å². The average molecular weight is 295 g/mol. The van der Waals surface area contributed by atoms with Gasteiger partial charge in [0.25, 0.3) is 0 Å². The lowest BCUT2D eigenvalue weighted by Crippen LogP contribution is -2.22. The van der Waals surface area contributed by atoms with Crippen molar-refractivity contribution in [2.45, 2.75) is 25.9 Å². The molecule has 2 rings (SSSR count). The fourth-order valence-electron chi connectivity index (χ4n) is 2.05. The number of halogens is 2. The van der Waals surface area contributed by atoms with Gasteiger partial charge < -0.3 is 5.32 Å². The molecule has 1 aromatic carbocycles. The van der Waals surface area contributed by atoms with Gasteiger partial charge in [0.2, 0.25) is 0 Å². The highest BCUT2D eigenvalue weighted by Crippen LogP contribution is 2.30. The van der Waals surface area contributed by atoms with E-state index in [1.54, 1.807) is 12.3 Å². The Labute approximate surface area is 123 Å². The van der Waals surface area contributed by atoms with Crippen molar-refractivity contribution < 1.29 is 0 Å². The molecule has 0 radical (unpaired) electrons. The lowest BCUT2D eigenvalue weighted by molar-refractivity contribution is 0.494. The Morgan fingerprint density at radius 1 is 1.05 bits per heavy atom. The number of benzene rings is 1. The first kappa shape index (κ1) is 14.3. The van der Waals surface area contributed by atoms with Crippen molar-refractivity contribution in [3.63, 3.8) is 0 Å².